The predicted octanol–water partition coefficient (Wildman–Crippen LogP) is 1.95. The number of thioether (sulfide) groups is 1. The molecule has 88 valence electrons. The smallest absolute Gasteiger partial charge is 0.321 e. The van der Waals surface area contributed by atoms with Gasteiger partial charge in [-0.2, -0.15) is 11.8 Å². The van der Waals surface area contributed by atoms with Gasteiger partial charge in [0.1, 0.15) is 6.04 Å². The molecule has 0 unspecified atom stereocenters. The van der Waals surface area contributed by atoms with Crippen molar-refractivity contribution in [2.24, 2.45) is 5.73 Å². The zero-order chi connectivity index (χ0) is 12.1. The van der Waals surface area contributed by atoms with E-state index in [1.54, 1.807) is 11.8 Å². The van der Waals surface area contributed by atoms with Crippen LogP contribution in [0.1, 0.15) is 16.7 Å². The first-order valence-electron chi connectivity index (χ1n) is 5.13. The first-order chi connectivity index (χ1) is 7.50. The van der Waals surface area contributed by atoms with E-state index < -0.39 is 12.0 Å². The fourth-order valence-electron chi connectivity index (χ4n) is 1.37. The first kappa shape index (κ1) is 13.1. The zero-order valence-corrected chi connectivity index (χ0v) is 10.4. The number of carboxylic acids is 1. The van der Waals surface area contributed by atoms with Crippen molar-refractivity contribution in [1.82, 2.24) is 0 Å². The van der Waals surface area contributed by atoms with Crippen LogP contribution in [0.15, 0.2) is 18.2 Å². The number of carboxylic acid groups (broad SMARTS) is 1. The van der Waals surface area contributed by atoms with E-state index in [1.807, 2.05) is 0 Å². The maximum absolute atomic E-state index is 10.5. The number of aryl methyl sites for hydroxylation is 2. The second-order valence-corrected chi connectivity index (χ2v) is 4.92. The summed E-state index contributed by atoms with van der Waals surface area (Å²) in [5.41, 5.74) is 9.16. The predicted molar refractivity (Wildman–Crippen MR) is 67.7 cm³/mol. The van der Waals surface area contributed by atoms with Crippen molar-refractivity contribution in [2.45, 2.75) is 25.6 Å². The maximum atomic E-state index is 10.5. The van der Waals surface area contributed by atoms with Gasteiger partial charge in [-0.3, -0.25) is 4.79 Å². The average Bonchev–Trinajstić information content (AvgIpc) is 2.20. The van der Waals surface area contributed by atoms with Gasteiger partial charge in [-0.05, 0) is 25.0 Å². The maximum Gasteiger partial charge on any atom is 0.321 e. The van der Waals surface area contributed by atoms with Gasteiger partial charge in [-0.15, -0.1) is 0 Å². The lowest BCUT2D eigenvalue weighted by Gasteiger charge is -2.08. The molecule has 0 radical (unpaired) electrons. The van der Waals surface area contributed by atoms with Gasteiger partial charge in [0.15, 0.2) is 0 Å². The number of rotatable bonds is 5. The molecular weight excluding hydrogens is 222 g/mol. The van der Waals surface area contributed by atoms with Gasteiger partial charge in [0.25, 0.3) is 0 Å². The van der Waals surface area contributed by atoms with Gasteiger partial charge in [0.2, 0.25) is 0 Å². The van der Waals surface area contributed by atoms with E-state index >= 15 is 0 Å². The normalized spacial score (nSPS) is 12.4. The highest BCUT2D eigenvalue weighted by Gasteiger charge is 2.11. The van der Waals surface area contributed by atoms with Gasteiger partial charge >= 0.3 is 5.97 Å². The molecule has 0 bridgehead atoms. The van der Waals surface area contributed by atoms with Gasteiger partial charge in [-0.25, -0.2) is 0 Å². The number of carbonyl (C=O) groups is 1. The quantitative estimate of drug-likeness (QED) is 0.824. The Hall–Kier alpha value is -1.00. The van der Waals surface area contributed by atoms with Gasteiger partial charge in [0.05, 0.1) is 0 Å². The molecule has 16 heavy (non-hydrogen) atoms. The van der Waals surface area contributed by atoms with Gasteiger partial charge in [-0.1, -0.05) is 23.8 Å². The Morgan fingerprint density at radius 1 is 1.50 bits per heavy atom. The summed E-state index contributed by atoms with van der Waals surface area (Å²) in [6.07, 6.45) is 0. The van der Waals surface area contributed by atoms with Crippen LogP contribution in [0.25, 0.3) is 0 Å². The highest BCUT2D eigenvalue weighted by molar-refractivity contribution is 7.98. The summed E-state index contributed by atoms with van der Waals surface area (Å²) in [5, 5.41) is 8.63. The van der Waals surface area contributed by atoms with Crippen LogP contribution in [0.3, 0.4) is 0 Å². The fourth-order valence-corrected chi connectivity index (χ4v) is 2.43. The van der Waals surface area contributed by atoms with E-state index in [2.05, 4.69) is 32.0 Å². The van der Waals surface area contributed by atoms with E-state index in [9.17, 15) is 4.79 Å². The topological polar surface area (TPSA) is 63.3 Å². The molecule has 0 spiro atoms. The zero-order valence-electron chi connectivity index (χ0n) is 9.56. The van der Waals surface area contributed by atoms with Crippen LogP contribution in [0.2, 0.25) is 0 Å². The van der Waals surface area contributed by atoms with E-state index in [4.69, 9.17) is 10.8 Å². The molecule has 1 rings (SSSR count). The lowest BCUT2D eigenvalue weighted by Crippen LogP contribution is -2.32. The third kappa shape index (κ3) is 3.87. The minimum atomic E-state index is -0.937. The fraction of sp³-hybridized carbons (Fsp3) is 0.417. The van der Waals surface area contributed by atoms with E-state index in [-0.39, 0.29) is 0 Å². The number of nitrogens with two attached hydrogens (primary N) is 1. The summed E-state index contributed by atoms with van der Waals surface area (Å²) in [7, 11) is 0. The van der Waals surface area contributed by atoms with Crippen molar-refractivity contribution in [3.05, 3.63) is 34.9 Å². The molecule has 0 saturated heterocycles. The minimum Gasteiger partial charge on any atom is -0.480 e. The molecule has 0 fully saturated rings. The Labute approximate surface area is 100 Å². The van der Waals surface area contributed by atoms with Crippen molar-refractivity contribution in [3.63, 3.8) is 0 Å². The molecule has 0 aromatic heterocycles. The Kier molecular flexibility index (Phi) is 4.83. The minimum absolute atomic E-state index is 0.447. The second-order valence-electron chi connectivity index (χ2n) is 3.89. The van der Waals surface area contributed by atoms with E-state index in [0.717, 1.165) is 5.75 Å². The van der Waals surface area contributed by atoms with Crippen molar-refractivity contribution in [2.75, 3.05) is 5.75 Å². The van der Waals surface area contributed by atoms with Gasteiger partial charge in [0, 0.05) is 11.5 Å². The van der Waals surface area contributed by atoms with Crippen LogP contribution >= 0.6 is 11.8 Å². The average molecular weight is 239 g/mol. The van der Waals surface area contributed by atoms with Crippen LogP contribution in [-0.4, -0.2) is 22.9 Å². The number of aliphatic carboxylic acids is 1. The van der Waals surface area contributed by atoms with Crippen molar-refractivity contribution < 1.29 is 9.90 Å². The van der Waals surface area contributed by atoms with Crippen LogP contribution in [0.5, 0.6) is 0 Å². The van der Waals surface area contributed by atoms with Crippen LogP contribution < -0.4 is 5.73 Å². The second kappa shape index (κ2) is 5.92. The SMILES string of the molecule is Cc1ccc(CSC[C@H](N)C(=O)O)c(C)c1. The summed E-state index contributed by atoms with van der Waals surface area (Å²) < 4.78 is 0. The van der Waals surface area contributed by atoms with E-state index in [1.165, 1.54) is 16.7 Å². The molecule has 0 aliphatic heterocycles. The number of hydrogen-bond acceptors (Lipinski definition) is 3. The molecule has 1 aromatic carbocycles. The molecule has 0 aliphatic rings. The third-order valence-electron chi connectivity index (χ3n) is 2.37. The number of benzene rings is 1. The Morgan fingerprint density at radius 2 is 2.19 bits per heavy atom. The molecule has 1 aromatic rings. The van der Waals surface area contributed by atoms with Crippen molar-refractivity contribution >= 4 is 17.7 Å². The highest BCUT2D eigenvalue weighted by Crippen LogP contribution is 2.17. The standard InChI is InChI=1S/C12H17NO2S/c1-8-3-4-10(9(2)5-8)6-16-7-11(13)12(14)15/h3-5,11H,6-7,13H2,1-2H3,(H,14,15)/t11-/m0/s1. The van der Waals surface area contributed by atoms with Crippen molar-refractivity contribution in [1.29, 1.82) is 0 Å². The molecule has 1 atom stereocenters. The molecule has 0 heterocycles. The summed E-state index contributed by atoms with van der Waals surface area (Å²) in [5.74, 6) is 0.323. The first-order valence-corrected chi connectivity index (χ1v) is 6.28. The van der Waals surface area contributed by atoms with Crippen LogP contribution in [0, 0.1) is 13.8 Å². The Bertz CT molecular complexity index is 379. The molecule has 3 N–H and O–H groups in total. The summed E-state index contributed by atoms with van der Waals surface area (Å²) in [6, 6.07) is 5.52. The largest absolute Gasteiger partial charge is 0.480 e. The highest BCUT2D eigenvalue weighted by atomic mass is 32.2. The molecule has 4 heteroatoms. The van der Waals surface area contributed by atoms with Gasteiger partial charge < -0.3 is 10.8 Å². The molecule has 0 amide bonds. The number of hydrogen-bond donors (Lipinski definition) is 2. The lowest BCUT2D eigenvalue weighted by atomic mass is 10.1. The molecule has 3 nitrogen and oxygen atoms in total. The van der Waals surface area contributed by atoms with Crippen LogP contribution in [0.4, 0.5) is 0 Å². The van der Waals surface area contributed by atoms with Crippen LogP contribution in [-0.2, 0) is 10.5 Å². The van der Waals surface area contributed by atoms with E-state index in [0.29, 0.717) is 5.75 Å². The Morgan fingerprint density at radius 3 is 2.75 bits per heavy atom. The molecule has 0 saturated carbocycles. The lowest BCUT2D eigenvalue weighted by molar-refractivity contribution is -0.137. The Balaban J connectivity index is 2.46. The van der Waals surface area contributed by atoms with Crippen molar-refractivity contribution in [3.8, 4) is 0 Å². The summed E-state index contributed by atoms with van der Waals surface area (Å²) in [6.45, 7) is 4.13. The third-order valence-corrected chi connectivity index (χ3v) is 3.48. The summed E-state index contributed by atoms with van der Waals surface area (Å²) in [4.78, 5) is 10.5. The molecular formula is C12H17NO2S. The monoisotopic (exact) mass is 239 g/mol. The molecule has 0 aliphatic carbocycles. The summed E-state index contributed by atoms with van der Waals surface area (Å²) >= 11 is 1.56.